The minimum atomic E-state index is -3.90. The molecule has 0 saturated carbocycles. The molecule has 0 radical (unpaired) electrons. The molecule has 11 heteroatoms. The summed E-state index contributed by atoms with van der Waals surface area (Å²) in [5.41, 5.74) is 2.12. The van der Waals surface area contributed by atoms with E-state index in [0.29, 0.717) is 33.8 Å². The van der Waals surface area contributed by atoms with Gasteiger partial charge in [-0.1, -0.05) is 23.9 Å². The Bertz CT molecular complexity index is 1490. The number of benzene rings is 3. The number of anilines is 2. The number of sulfonamides is 1. The predicted octanol–water partition coefficient (Wildman–Crippen LogP) is 4.24. The maximum Gasteiger partial charge on any atom is 0.262 e. The molecule has 172 valence electrons. The Morgan fingerprint density at radius 2 is 1.91 bits per heavy atom. The van der Waals surface area contributed by atoms with Gasteiger partial charge in [-0.25, -0.2) is 13.4 Å². The molecule has 34 heavy (non-hydrogen) atoms. The number of hydrogen-bond donors (Lipinski definition) is 2. The number of ether oxygens (including phenoxy) is 1. The highest BCUT2D eigenvalue weighted by atomic mass is 32.2. The van der Waals surface area contributed by atoms with E-state index in [1.165, 1.54) is 25.3 Å². The number of carbonyl (C=O) groups excluding carboxylic acids is 1. The van der Waals surface area contributed by atoms with Crippen molar-refractivity contribution in [2.75, 3.05) is 22.9 Å². The topological polar surface area (TPSA) is 134 Å². The summed E-state index contributed by atoms with van der Waals surface area (Å²) in [7, 11) is -2.44. The van der Waals surface area contributed by atoms with Crippen LogP contribution in [-0.4, -0.2) is 32.2 Å². The molecular formula is C23H18N4O5S2. The standard InChI is InChI=1S/C23H18N4O5S2/c1-31-20-5-3-2-4-18(20)27-34(29,30)17-10-11-21-19(12-17)26-23(32-21)33-14-22(28)25-16-8-6-15(13-24)7-9-16/h2-12,27H,14H2,1H3,(H,25,28). The van der Waals surface area contributed by atoms with E-state index in [-0.39, 0.29) is 21.8 Å². The van der Waals surface area contributed by atoms with E-state index in [1.54, 1.807) is 48.5 Å². The van der Waals surface area contributed by atoms with Gasteiger partial charge in [-0.2, -0.15) is 5.26 Å². The van der Waals surface area contributed by atoms with Crippen LogP contribution in [0.4, 0.5) is 11.4 Å². The number of aromatic nitrogens is 1. The Balaban J connectivity index is 1.44. The van der Waals surface area contributed by atoms with Crippen molar-refractivity contribution in [2.24, 2.45) is 0 Å². The molecule has 4 aromatic rings. The molecule has 0 aliphatic heterocycles. The number of nitrogens with zero attached hydrogens (tertiary/aromatic N) is 2. The van der Waals surface area contributed by atoms with Gasteiger partial charge in [0.2, 0.25) is 5.91 Å². The number of nitriles is 1. The predicted molar refractivity (Wildman–Crippen MR) is 128 cm³/mol. The number of thioether (sulfide) groups is 1. The molecule has 1 aromatic heterocycles. The van der Waals surface area contributed by atoms with Gasteiger partial charge in [0.25, 0.3) is 15.2 Å². The normalized spacial score (nSPS) is 11.1. The van der Waals surface area contributed by atoms with Gasteiger partial charge in [-0.15, -0.1) is 0 Å². The van der Waals surface area contributed by atoms with Crippen molar-refractivity contribution >= 4 is 50.2 Å². The number of hydrogen-bond acceptors (Lipinski definition) is 8. The Labute approximate surface area is 199 Å². The lowest BCUT2D eigenvalue weighted by molar-refractivity contribution is -0.113. The van der Waals surface area contributed by atoms with Crippen LogP contribution in [0, 0.1) is 11.3 Å². The lowest BCUT2D eigenvalue weighted by atomic mass is 10.2. The molecule has 0 spiro atoms. The third-order valence-corrected chi connectivity index (χ3v) is 6.82. The molecule has 2 N–H and O–H groups in total. The molecular weight excluding hydrogens is 476 g/mol. The van der Waals surface area contributed by atoms with Crippen LogP contribution in [0.2, 0.25) is 0 Å². The number of oxazole rings is 1. The summed E-state index contributed by atoms with van der Waals surface area (Å²) in [4.78, 5) is 16.5. The van der Waals surface area contributed by atoms with Crippen molar-refractivity contribution in [1.29, 1.82) is 5.26 Å². The second-order valence-electron chi connectivity index (χ2n) is 6.94. The number of methoxy groups -OCH3 is 1. The van der Waals surface area contributed by atoms with E-state index in [4.69, 9.17) is 14.4 Å². The molecule has 0 atom stereocenters. The first-order valence-corrected chi connectivity index (χ1v) is 12.3. The van der Waals surface area contributed by atoms with Crippen molar-refractivity contribution in [2.45, 2.75) is 10.1 Å². The first-order valence-electron chi connectivity index (χ1n) is 9.87. The Hall–Kier alpha value is -4.01. The summed E-state index contributed by atoms with van der Waals surface area (Å²) in [6.45, 7) is 0. The summed E-state index contributed by atoms with van der Waals surface area (Å²) < 4.78 is 39.0. The summed E-state index contributed by atoms with van der Waals surface area (Å²) in [5, 5.41) is 11.8. The van der Waals surface area contributed by atoms with Crippen LogP contribution < -0.4 is 14.8 Å². The SMILES string of the molecule is COc1ccccc1NS(=O)(=O)c1ccc2oc(SCC(=O)Nc3ccc(C#N)cc3)nc2c1. The zero-order chi connectivity index (χ0) is 24.1. The van der Waals surface area contributed by atoms with Gasteiger partial charge < -0.3 is 14.5 Å². The molecule has 0 aliphatic carbocycles. The second kappa shape index (κ2) is 9.86. The van der Waals surface area contributed by atoms with Gasteiger partial charge in [-0.05, 0) is 54.6 Å². The van der Waals surface area contributed by atoms with Gasteiger partial charge in [0.05, 0.1) is 35.1 Å². The van der Waals surface area contributed by atoms with Crippen LogP contribution >= 0.6 is 11.8 Å². The molecule has 3 aromatic carbocycles. The Kier molecular flexibility index (Phi) is 6.72. The molecule has 1 heterocycles. The van der Waals surface area contributed by atoms with Crippen LogP contribution in [0.15, 0.2) is 81.3 Å². The van der Waals surface area contributed by atoms with Gasteiger partial charge in [0.1, 0.15) is 11.3 Å². The highest BCUT2D eigenvalue weighted by molar-refractivity contribution is 7.99. The van der Waals surface area contributed by atoms with Gasteiger partial charge in [-0.3, -0.25) is 9.52 Å². The maximum atomic E-state index is 12.8. The van der Waals surface area contributed by atoms with E-state index in [2.05, 4.69) is 15.0 Å². The Morgan fingerprint density at radius 3 is 2.65 bits per heavy atom. The molecule has 9 nitrogen and oxygen atoms in total. The average molecular weight is 495 g/mol. The number of nitrogens with one attached hydrogen (secondary N) is 2. The summed E-state index contributed by atoms with van der Waals surface area (Å²) in [5.74, 6) is 0.153. The van der Waals surface area contributed by atoms with Crippen molar-refractivity contribution in [3.05, 3.63) is 72.3 Å². The van der Waals surface area contributed by atoms with Gasteiger partial charge in [0, 0.05) is 5.69 Å². The first kappa shape index (κ1) is 23.2. The van der Waals surface area contributed by atoms with Crippen molar-refractivity contribution < 1.29 is 22.4 Å². The zero-order valence-electron chi connectivity index (χ0n) is 17.8. The zero-order valence-corrected chi connectivity index (χ0v) is 19.4. The maximum absolute atomic E-state index is 12.8. The largest absolute Gasteiger partial charge is 0.495 e. The molecule has 0 bridgehead atoms. The minimum Gasteiger partial charge on any atom is -0.495 e. The quantitative estimate of drug-likeness (QED) is 0.347. The van der Waals surface area contributed by atoms with E-state index in [9.17, 15) is 13.2 Å². The van der Waals surface area contributed by atoms with E-state index in [0.717, 1.165) is 11.8 Å². The molecule has 1 amide bonds. The first-order chi connectivity index (χ1) is 16.4. The van der Waals surface area contributed by atoms with Crippen molar-refractivity contribution in [1.82, 2.24) is 4.98 Å². The smallest absolute Gasteiger partial charge is 0.262 e. The summed E-state index contributed by atoms with van der Waals surface area (Å²) >= 11 is 1.08. The van der Waals surface area contributed by atoms with Crippen LogP contribution in [0.1, 0.15) is 5.56 Å². The molecule has 0 fully saturated rings. The van der Waals surface area contributed by atoms with E-state index in [1.807, 2.05) is 6.07 Å². The van der Waals surface area contributed by atoms with Crippen LogP contribution in [0.25, 0.3) is 11.1 Å². The minimum absolute atomic E-state index is 0.00863. The lowest BCUT2D eigenvalue weighted by Crippen LogP contribution is -2.13. The fourth-order valence-corrected chi connectivity index (χ4v) is 4.73. The molecule has 4 rings (SSSR count). The fourth-order valence-electron chi connectivity index (χ4n) is 3.00. The number of rotatable bonds is 8. The monoisotopic (exact) mass is 494 g/mol. The van der Waals surface area contributed by atoms with Crippen molar-refractivity contribution in [3.63, 3.8) is 0 Å². The van der Waals surface area contributed by atoms with Crippen molar-refractivity contribution in [3.8, 4) is 11.8 Å². The molecule has 0 saturated heterocycles. The van der Waals surface area contributed by atoms with Gasteiger partial charge >= 0.3 is 0 Å². The average Bonchev–Trinajstić information content (AvgIpc) is 3.26. The Morgan fingerprint density at radius 1 is 1.15 bits per heavy atom. The van der Waals surface area contributed by atoms with Gasteiger partial charge in [0.15, 0.2) is 5.58 Å². The van der Waals surface area contributed by atoms with Crippen LogP contribution in [0.3, 0.4) is 0 Å². The third-order valence-electron chi connectivity index (χ3n) is 4.63. The van der Waals surface area contributed by atoms with E-state index < -0.39 is 10.0 Å². The summed E-state index contributed by atoms with van der Waals surface area (Å²) in [6.07, 6.45) is 0. The second-order valence-corrected chi connectivity index (χ2v) is 9.55. The molecule has 0 unspecified atom stereocenters. The molecule has 0 aliphatic rings. The van der Waals surface area contributed by atoms with Crippen LogP contribution in [-0.2, 0) is 14.8 Å². The number of para-hydroxylation sites is 2. The number of amides is 1. The van der Waals surface area contributed by atoms with E-state index >= 15 is 0 Å². The third kappa shape index (κ3) is 5.31. The lowest BCUT2D eigenvalue weighted by Gasteiger charge is -2.11. The fraction of sp³-hybridized carbons (Fsp3) is 0.0870. The number of fused-ring (bicyclic) bond motifs is 1. The van der Waals surface area contributed by atoms with Crippen LogP contribution in [0.5, 0.6) is 5.75 Å². The number of carbonyl (C=O) groups is 1. The highest BCUT2D eigenvalue weighted by Gasteiger charge is 2.19. The highest BCUT2D eigenvalue weighted by Crippen LogP contribution is 2.29. The summed E-state index contributed by atoms with van der Waals surface area (Å²) in [6, 6.07) is 19.5.